The molecule has 27 heavy (non-hydrogen) atoms. The maximum atomic E-state index is 13.3. The zero-order valence-corrected chi connectivity index (χ0v) is 14.7. The number of sulfonamides is 1. The first kappa shape index (κ1) is 19.5. The van der Waals surface area contributed by atoms with Crippen molar-refractivity contribution >= 4 is 10.0 Å². The summed E-state index contributed by atoms with van der Waals surface area (Å²) in [5.74, 6) is -1.56. The first-order valence-electron chi connectivity index (χ1n) is 8.04. The summed E-state index contributed by atoms with van der Waals surface area (Å²) in [7, 11) is -4.31. The van der Waals surface area contributed by atoms with Gasteiger partial charge in [0, 0.05) is 12.6 Å². The Morgan fingerprint density at radius 2 is 1.93 bits per heavy atom. The van der Waals surface area contributed by atoms with E-state index >= 15 is 0 Å². The number of alkyl halides is 3. The fourth-order valence-electron chi connectivity index (χ4n) is 2.86. The minimum absolute atomic E-state index is 0.0847. The molecular weight excluding hydrogens is 390 g/mol. The molecule has 0 atom stereocenters. The smallest absolute Gasteiger partial charge is 0.268 e. The fourth-order valence-corrected chi connectivity index (χ4v) is 3.90. The number of benzene rings is 1. The highest BCUT2D eigenvalue weighted by Crippen LogP contribution is 2.32. The second kappa shape index (κ2) is 7.04. The molecule has 0 unspecified atom stereocenters. The molecule has 146 valence electrons. The summed E-state index contributed by atoms with van der Waals surface area (Å²) >= 11 is 0. The van der Waals surface area contributed by atoms with Gasteiger partial charge in [-0.3, -0.25) is 4.79 Å². The molecule has 0 radical (unpaired) electrons. The lowest BCUT2D eigenvalue weighted by Gasteiger charge is -2.12. The number of aromatic nitrogens is 2. The Kier molecular flexibility index (Phi) is 5.08. The molecule has 1 N–H and O–H groups in total. The van der Waals surface area contributed by atoms with E-state index in [9.17, 15) is 30.8 Å². The highest BCUT2D eigenvalue weighted by atomic mass is 32.2. The molecule has 11 heteroatoms. The van der Waals surface area contributed by atoms with Gasteiger partial charge in [-0.2, -0.15) is 18.3 Å². The highest BCUT2D eigenvalue weighted by Gasteiger charge is 2.35. The van der Waals surface area contributed by atoms with Crippen LogP contribution in [0.2, 0.25) is 0 Å². The summed E-state index contributed by atoms with van der Waals surface area (Å²) in [6.45, 7) is -0.342. The van der Waals surface area contributed by atoms with E-state index in [2.05, 4.69) is 9.82 Å². The molecule has 2 aromatic rings. The van der Waals surface area contributed by atoms with E-state index in [0.29, 0.717) is 6.07 Å². The SMILES string of the molecule is O=c1cc2c(nn1CCNS(=O)(=O)c1ccc(F)c(C(F)(F)F)c1)CCC2. The number of hydrogen-bond donors (Lipinski definition) is 1. The van der Waals surface area contributed by atoms with Crippen molar-refractivity contribution in [2.75, 3.05) is 6.54 Å². The molecule has 3 rings (SSSR count). The number of nitrogens with one attached hydrogen (secondary N) is 1. The van der Waals surface area contributed by atoms with Gasteiger partial charge < -0.3 is 0 Å². The Hall–Kier alpha value is -2.27. The third-order valence-corrected chi connectivity index (χ3v) is 5.65. The number of fused-ring (bicyclic) bond motifs is 1. The van der Waals surface area contributed by atoms with Crippen molar-refractivity contribution in [1.29, 1.82) is 0 Å². The predicted molar refractivity (Wildman–Crippen MR) is 87.1 cm³/mol. The molecule has 0 fully saturated rings. The average Bonchev–Trinajstić information content (AvgIpc) is 3.01. The van der Waals surface area contributed by atoms with Crippen LogP contribution in [0.5, 0.6) is 0 Å². The van der Waals surface area contributed by atoms with Gasteiger partial charge in [0.2, 0.25) is 10.0 Å². The summed E-state index contributed by atoms with van der Waals surface area (Å²) in [6, 6.07) is 2.88. The van der Waals surface area contributed by atoms with Crippen LogP contribution >= 0.6 is 0 Å². The highest BCUT2D eigenvalue weighted by molar-refractivity contribution is 7.89. The van der Waals surface area contributed by atoms with Crippen LogP contribution in [0.15, 0.2) is 34.0 Å². The van der Waals surface area contributed by atoms with Crippen LogP contribution in [0, 0.1) is 5.82 Å². The molecule has 0 bridgehead atoms. The van der Waals surface area contributed by atoms with Gasteiger partial charge in [0.15, 0.2) is 0 Å². The summed E-state index contributed by atoms with van der Waals surface area (Å²) < 4.78 is 79.1. The van der Waals surface area contributed by atoms with Crippen LogP contribution in [0.25, 0.3) is 0 Å². The van der Waals surface area contributed by atoms with Crippen LogP contribution in [0.4, 0.5) is 17.6 Å². The second-order valence-electron chi connectivity index (χ2n) is 6.07. The van der Waals surface area contributed by atoms with Crippen LogP contribution in [0.1, 0.15) is 23.2 Å². The zero-order chi connectivity index (χ0) is 19.8. The maximum absolute atomic E-state index is 13.3. The summed E-state index contributed by atoms with van der Waals surface area (Å²) in [5, 5.41) is 4.17. The van der Waals surface area contributed by atoms with Crippen molar-refractivity contribution in [3.63, 3.8) is 0 Å². The van der Waals surface area contributed by atoms with Gasteiger partial charge in [0.25, 0.3) is 5.56 Å². The molecule has 1 aliphatic carbocycles. The molecule has 0 saturated heterocycles. The van der Waals surface area contributed by atoms with Crippen LogP contribution in [-0.4, -0.2) is 24.7 Å². The lowest BCUT2D eigenvalue weighted by molar-refractivity contribution is -0.140. The summed E-state index contributed by atoms with van der Waals surface area (Å²) in [4.78, 5) is 11.2. The van der Waals surface area contributed by atoms with Gasteiger partial charge in [-0.15, -0.1) is 0 Å². The third-order valence-electron chi connectivity index (χ3n) is 4.19. The van der Waals surface area contributed by atoms with E-state index in [1.807, 2.05) is 0 Å². The third kappa shape index (κ3) is 4.19. The van der Waals surface area contributed by atoms with Gasteiger partial charge >= 0.3 is 6.18 Å². The van der Waals surface area contributed by atoms with E-state index in [1.54, 1.807) is 0 Å². The Morgan fingerprint density at radius 3 is 2.63 bits per heavy atom. The number of rotatable bonds is 5. The van der Waals surface area contributed by atoms with Gasteiger partial charge in [-0.25, -0.2) is 22.2 Å². The van der Waals surface area contributed by atoms with Crippen molar-refractivity contribution in [2.45, 2.75) is 36.9 Å². The summed E-state index contributed by atoms with van der Waals surface area (Å²) in [5.41, 5.74) is -0.383. The van der Waals surface area contributed by atoms with Crippen molar-refractivity contribution in [2.24, 2.45) is 0 Å². The van der Waals surface area contributed by atoms with E-state index < -0.39 is 32.5 Å². The lowest BCUT2D eigenvalue weighted by atomic mass is 10.2. The Bertz CT molecular complexity index is 1030. The van der Waals surface area contributed by atoms with E-state index in [0.717, 1.165) is 41.3 Å². The number of halogens is 4. The first-order chi connectivity index (χ1) is 12.6. The molecule has 0 aliphatic heterocycles. The van der Waals surface area contributed by atoms with Crippen LogP contribution in [-0.2, 0) is 35.6 Å². The lowest BCUT2D eigenvalue weighted by Crippen LogP contribution is -2.32. The first-order valence-corrected chi connectivity index (χ1v) is 9.52. The minimum atomic E-state index is -5.02. The number of hydrogen-bond acceptors (Lipinski definition) is 4. The van der Waals surface area contributed by atoms with Gasteiger partial charge in [0.1, 0.15) is 5.82 Å². The molecule has 6 nitrogen and oxygen atoms in total. The van der Waals surface area contributed by atoms with Gasteiger partial charge in [0.05, 0.1) is 22.7 Å². The topological polar surface area (TPSA) is 81.1 Å². The normalized spacial score (nSPS) is 14.4. The van der Waals surface area contributed by atoms with Gasteiger partial charge in [-0.1, -0.05) is 0 Å². The number of nitrogens with zero attached hydrogens (tertiary/aromatic N) is 2. The van der Waals surface area contributed by atoms with Crippen molar-refractivity contribution in [3.8, 4) is 0 Å². The fraction of sp³-hybridized carbons (Fsp3) is 0.375. The Morgan fingerprint density at radius 1 is 1.19 bits per heavy atom. The van der Waals surface area contributed by atoms with Gasteiger partial charge in [-0.05, 0) is 43.0 Å². The van der Waals surface area contributed by atoms with Crippen LogP contribution < -0.4 is 10.3 Å². The monoisotopic (exact) mass is 405 g/mol. The van der Waals surface area contributed by atoms with Crippen molar-refractivity contribution < 1.29 is 26.0 Å². The van der Waals surface area contributed by atoms with E-state index in [1.165, 1.54) is 6.07 Å². The van der Waals surface area contributed by atoms with Crippen molar-refractivity contribution in [3.05, 3.63) is 57.3 Å². The maximum Gasteiger partial charge on any atom is 0.419 e. The van der Waals surface area contributed by atoms with Crippen LogP contribution in [0.3, 0.4) is 0 Å². The predicted octanol–water partition coefficient (Wildman–Crippen LogP) is 1.87. The Labute approximate surface area is 151 Å². The molecular formula is C16H15F4N3O3S. The molecule has 0 spiro atoms. The zero-order valence-electron chi connectivity index (χ0n) is 13.9. The van der Waals surface area contributed by atoms with E-state index in [4.69, 9.17) is 0 Å². The quantitative estimate of drug-likeness (QED) is 0.771. The molecule has 1 aromatic carbocycles. The Balaban J connectivity index is 1.74. The van der Waals surface area contributed by atoms with Crippen molar-refractivity contribution in [1.82, 2.24) is 14.5 Å². The summed E-state index contributed by atoms with van der Waals surface area (Å²) in [6.07, 6.45) is -2.62. The molecule has 0 amide bonds. The number of aryl methyl sites for hydroxylation is 2. The molecule has 1 heterocycles. The largest absolute Gasteiger partial charge is 0.419 e. The second-order valence-corrected chi connectivity index (χ2v) is 7.84. The molecule has 1 aromatic heterocycles. The minimum Gasteiger partial charge on any atom is -0.268 e. The molecule has 0 saturated carbocycles. The van der Waals surface area contributed by atoms with E-state index in [-0.39, 0.29) is 24.7 Å². The standard InChI is InChI=1S/C16H15F4N3O3S/c17-13-5-4-11(9-12(13)16(18,19)20)27(25,26)21-6-7-23-15(24)8-10-2-1-3-14(10)22-23/h4-5,8-9,21H,1-3,6-7H2. The molecule has 1 aliphatic rings. The average molecular weight is 405 g/mol.